The van der Waals surface area contributed by atoms with Crippen molar-refractivity contribution in [2.45, 2.75) is 58.8 Å². The highest BCUT2D eigenvalue weighted by atomic mass is 14.9. The second-order valence-corrected chi connectivity index (χ2v) is 7.14. The predicted molar refractivity (Wildman–Crippen MR) is 73.9 cm³/mol. The second kappa shape index (κ2) is 5.27. The Labute approximate surface area is 107 Å². The van der Waals surface area contributed by atoms with Gasteiger partial charge in [-0.05, 0) is 49.1 Å². The van der Waals surface area contributed by atoms with Gasteiger partial charge in [-0.2, -0.15) is 0 Å². The van der Waals surface area contributed by atoms with E-state index in [1.807, 2.05) is 0 Å². The van der Waals surface area contributed by atoms with Crippen LogP contribution in [0.25, 0.3) is 0 Å². The summed E-state index contributed by atoms with van der Waals surface area (Å²) in [5, 5.41) is 3.71. The van der Waals surface area contributed by atoms with Gasteiger partial charge in [0.1, 0.15) is 0 Å². The molecule has 1 unspecified atom stereocenters. The molecule has 0 saturated heterocycles. The molecule has 0 bridgehead atoms. The lowest BCUT2D eigenvalue weighted by Crippen LogP contribution is -2.41. The van der Waals surface area contributed by atoms with Gasteiger partial charge in [-0.25, -0.2) is 0 Å². The van der Waals surface area contributed by atoms with Crippen molar-refractivity contribution in [3.05, 3.63) is 0 Å². The highest BCUT2D eigenvalue weighted by Crippen LogP contribution is 2.51. The Morgan fingerprint density at radius 2 is 1.71 bits per heavy atom. The molecule has 100 valence electrons. The minimum atomic E-state index is 0.412. The lowest BCUT2D eigenvalue weighted by Gasteiger charge is -2.32. The quantitative estimate of drug-likeness (QED) is 0.723. The summed E-state index contributed by atoms with van der Waals surface area (Å²) in [5.74, 6) is 0.906. The van der Waals surface area contributed by atoms with Gasteiger partial charge in [0, 0.05) is 6.54 Å². The van der Waals surface area contributed by atoms with Gasteiger partial charge in [-0.3, -0.25) is 0 Å². The van der Waals surface area contributed by atoms with E-state index in [0.717, 1.165) is 19.0 Å². The molecular formula is C15H30N2. The third kappa shape index (κ3) is 3.45. The van der Waals surface area contributed by atoms with E-state index in [0.29, 0.717) is 10.8 Å². The fraction of sp³-hybridized carbons (Fsp3) is 1.00. The Balaban J connectivity index is 1.74. The summed E-state index contributed by atoms with van der Waals surface area (Å²) in [6.07, 6.45) is 9.67. The van der Waals surface area contributed by atoms with E-state index in [4.69, 9.17) is 5.73 Å². The van der Waals surface area contributed by atoms with Gasteiger partial charge in [0.15, 0.2) is 0 Å². The van der Waals surface area contributed by atoms with Crippen LogP contribution in [0.2, 0.25) is 0 Å². The predicted octanol–water partition coefficient (Wildman–Crippen LogP) is 2.92. The summed E-state index contributed by atoms with van der Waals surface area (Å²) in [6, 6.07) is 0. The van der Waals surface area contributed by atoms with E-state index in [1.165, 1.54) is 51.5 Å². The monoisotopic (exact) mass is 238 g/mol. The maximum atomic E-state index is 6.05. The van der Waals surface area contributed by atoms with Crippen molar-refractivity contribution in [2.75, 3.05) is 19.6 Å². The molecule has 0 aromatic carbocycles. The van der Waals surface area contributed by atoms with Crippen LogP contribution in [0.4, 0.5) is 0 Å². The maximum absolute atomic E-state index is 6.05. The van der Waals surface area contributed by atoms with Gasteiger partial charge < -0.3 is 11.1 Å². The van der Waals surface area contributed by atoms with Gasteiger partial charge in [0.2, 0.25) is 0 Å². The van der Waals surface area contributed by atoms with Crippen LogP contribution in [0.3, 0.4) is 0 Å². The highest BCUT2D eigenvalue weighted by molar-refractivity contribution is 4.96. The summed E-state index contributed by atoms with van der Waals surface area (Å²) >= 11 is 0. The zero-order valence-corrected chi connectivity index (χ0v) is 11.7. The third-order valence-corrected chi connectivity index (χ3v) is 5.21. The number of nitrogens with two attached hydrogens (primary N) is 1. The standard InChI is InChI=1S/C15H30N2/c1-14(2)9-13(14)10-17-12-15(11-16)7-5-3-4-6-8-15/h13,17H,3-12,16H2,1-2H3. The summed E-state index contributed by atoms with van der Waals surface area (Å²) < 4.78 is 0. The van der Waals surface area contributed by atoms with E-state index in [2.05, 4.69) is 19.2 Å². The van der Waals surface area contributed by atoms with E-state index in [9.17, 15) is 0 Å². The molecule has 2 heteroatoms. The number of hydrogen-bond acceptors (Lipinski definition) is 2. The first-order chi connectivity index (χ1) is 8.08. The van der Waals surface area contributed by atoms with Crippen molar-refractivity contribution >= 4 is 0 Å². The second-order valence-electron chi connectivity index (χ2n) is 7.14. The maximum Gasteiger partial charge on any atom is 0.00200 e. The third-order valence-electron chi connectivity index (χ3n) is 5.21. The molecule has 17 heavy (non-hydrogen) atoms. The first-order valence-electron chi connectivity index (χ1n) is 7.49. The van der Waals surface area contributed by atoms with E-state index < -0.39 is 0 Å². The molecule has 0 spiro atoms. The van der Waals surface area contributed by atoms with Crippen molar-refractivity contribution < 1.29 is 0 Å². The van der Waals surface area contributed by atoms with E-state index >= 15 is 0 Å². The van der Waals surface area contributed by atoms with Gasteiger partial charge >= 0.3 is 0 Å². The Hall–Kier alpha value is -0.0800. The van der Waals surface area contributed by atoms with Gasteiger partial charge in [-0.15, -0.1) is 0 Å². The van der Waals surface area contributed by atoms with Crippen LogP contribution in [-0.2, 0) is 0 Å². The van der Waals surface area contributed by atoms with Crippen LogP contribution in [0.1, 0.15) is 58.8 Å². The van der Waals surface area contributed by atoms with Gasteiger partial charge in [0.05, 0.1) is 0 Å². The Morgan fingerprint density at radius 3 is 2.18 bits per heavy atom. The lowest BCUT2D eigenvalue weighted by atomic mass is 9.80. The molecule has 3 N–H and O–H groups in total. The molecule has 0 aliphatic heterocycles. The van der Waals surface area contributed by atoms with Crippen LogP contribution in [-0.4, -0.2) is 19.6 Å². The number of rotatable bonds is 5. The smallest absolute Gasteiger partial charge is 0.00200 e. The number of hydrogen-bond donors (Lipinski definition) is 2. The van der Waals surface area contributed by atoms with Crippen molar-refractivity contribution in [3.8, 4) is 0 Å². The minimum Gasteiger partial charge on any atom is -0.330 e. The topological polar surface area (TPSA) is 38.0 Å². The first-order valence-corrected chi connectivity index (χ1v) is 7.49. The molecule has 0 aromatic heterocycles. The van der Waals surface area contributed by atoms with Crippen LogP contribution in [0, 0.1) is 16.7 Å². The molecule has 0 heterocycles. The lowest BCUT2D eigenvalue weighted by molar-refractivity contribution is 0.240. The summed E-state index contributed by atoms with van der Waals surface area (Å²) in [6.45, 7) is 7.98. The molecule has 2 nitrogen and oxygen atoms in total. The SMILES string of the molecule is CC1(C)CC1CNCC1(CN)CCCCCC1. The molecule has 2 fully saturated rings. The Bertz CT molecular complexity index is 239. The number of nitrogens with one attached hydrogen (secondary N) is 1. The molecule has 2 rings (SSSR count). The average molecular weight is 238 g/mol. The van der Waals surface area contributed by atoms with E-state index in [-0.39, 0.29) is 0 Å². The molecule has 2 aliphatic carbocycles. The molecule has 2 aliphatic rings. The van der Waals surface area contributed by atoms with Crippen molar-refractivity contribution in [1.82, 2.24) is 5.32 Å². The fourth-order valence-electron chi connectivity index (χ4n) is 3.37. The Kier molecular flexibility index (Phi) is 4.14. The van der Waals surface area contributed by atoms with Crippen molar-refractivity contribution in [2.24, 2.45) is 22.5 Å². The van der Waals surface area contributed by atoms with Gasteiger partial charge in [0.25, 0.3) is 0 Å². The summed E-state index contributed by atoms with van der Waals surface area (Å²) in [4.78, 5) is 0. The zero-order chi connectivity index (χ0) is 12.4. The summed E-state index contributed by atoms with van der Waals surface area (Å²) in [5.41, 5.74) is 7.07. The zero-order valence-electron chi connectivity index (χ0n) is 11.7. The normalized spacial score (nSPS) is 30.9. The van der Waals surface area contributed by atoms with Crippen LogP contribution >= 0.6 is 0 Å². The van der Waals surface area contributed by atoms with Gasteiger partial charge in [-0.1, -0.05) is 39.5 Å². The summed E-state index contributed by atoms with van der Waals surface area (Å²) in [7, 11) is 0. The molecule has 0 aromatic rings. The minimum absolute atomic E-state index is 0.412. The average Bonchev–Trinajstić information content (AvgIpc) is 2.97. The van der Waals surface area contributed by atoms with Crippen LogP contribution < -0.4 is 11.1 Å². The first kappa shape index (κ1) is 13.4. The highest BCUT2D eigenvalue weighted by Gasteiger charge is 2.45. The van der Waals surface area contributed by atoms with E-state index in [1.54, 1.807) is 0 Å². The van der Waals surface area contributed by atoms with Crippen molar-refractivity contribution in [1.29, 1.82) is 0 Å². The molecule has 2 saturated carbocycles. The Morgan fingerprint density at radius 1 is 1.12 bits per heavy atom. The largest absolute Gasteiger partial charge is 0.330 e. The molecule has 1 atom stereocenters. The molecule has 0 amide bonds. The van der Waals surface area contributed by atoms with Crippen LogP contribution in [0.15, 0.2) is 0 Å². The molecular weight excluding hydrogens is 208 g/mol. The van der Waals surface area contributed by atoms with Crippen LogP contribution in [0.5, 0.6) is 0 Å². The molecule has 0 radical (unpaired) electrons. The fourth-order valence-corrected chi connectivity index (χ4v) is 3.37. The van der Waals surface area contributed by atoms with Crippen molar-refractivity contribution in [3.63, 3.8) is 0 Å².